The summed E-state index contributed by atoms with van der Waals surface area (Å²) < 4.78 is 15.6. The van der Waals surface area contributed by atoms with Crippen molar-refractivity contribution in [3.05, 3.63) is 0 Å². The van der Waals surface area contributed by atoms with E-state index < -0.39 is 0 Å². The van der Waals surface area contributed by atoms with Crippen LogP contribution in [0.25, 0.3) is 0 Å². The Morgan fingerprint density at radius 1 is 1.06 bits per heavy atom. The summed E-state index contributed by atoms with van der Waals surface area (Å²) in [6.45, 7) is 7.08. The minimum atomic E-state index is 0.640. The summed E-state index contributed by atoms with van der Waals surface area (Å²) in [5, 5.41) is 3.53. The summed E-state index contributed by atoms with van der Waals surface area (Å²) in [4.78, 5) is 2.42. The van der Waals surface area contributed by atoms with Crippen molar-refractivity contribution in [2.45, 2.75) is 18.9 Å². The van der Waals surface area contributed by atoms with E-state index in [9.17, 15) is 0 Å². The van der Waals surface area contributed by atoms with Gasteiger partial charge in [0.15, 0.2) is 0 Å². The third-order valence-electron chi connectivity index (χ3n) is 3.24. The first kappa shape index (κ1) is 15.9. The quantitative estimate of drug-likeness (QED) is 0.543. The molecule has 108 valence electrons. The number of methoxy groups -OCH3 is 2. The van der Waals surface area contributed by atoms with Crippen LogP contribution in [0.1, 0.15) is 12.8 Å². The lowest BCUT2D eigenvalue weighted by Gasteiger charge is -2.25. The number of rotatable bonds is 11. The maximum absolute atomic E-state index is 5.52. The number of hydrogen-bond donors (Lipinski definition) is 1. The van der Waals surface area contributed by atoms with Crippen LogP contribution in [0, 0.1) is 0 Å². The van der Waals surface area contributed by atoms with Crippen LogP contribution in [0.4, 0.5) is 0 Å². The summed E-state index contributed by atoms with van der Waals surface area (Å²) in [7, 11) is 3.45. The Bertz CT molecular complexity index is 187. The summed E-state index contributed by atoms with van der Waals surface area (Å²) >= 11 is 0. The van der Waals surface area contributed by atoms with Gasteiger partial charge in [-0.25, -0.2) is 0 Å². The number of ether oxygens (including phenoxy) is 3. The molecule has 0 amide bonds. The van der Waals surface area contributed by atoms with Gasteiger partial charge in [-0.3, -0.25) is 4.90 Å². The third kappa shape index (κ3) is 7.28. The molecule has 1 fully saturated rings. The summed E-state index contributed by atoms with van der Waals surface area (Å²) in [6.07, 6.45) is 2.58. The maximum Gasteiger partial charge on any atom is 0.0700 e. The average Bonchev–Trinajstić information content (AvgIpc) is 2.88. The number of nitrogens with one attached hydrogen (secondary N) is 1. The topological polar surface area (TPSA) is 43.0 Å². The third-order valence-corrected chi connectivity index (χ3v) is 3.24. The van der Waals surface area contributed by atoms with Gasteiger partial charge in [-0.15, -0.1) is 0 Å². The number of nitrogens with zero attached hydrogens (tertiary/aromatic N) is 1. The Morgan fingerprint density at radius 2 is 1.83 bits per heavy atom. The molecule has 0 aliphatic carbocycles. The monoisotopic (exact) mass is 260 g/mol. The molecule has 1 atom stereocenters. The maximum atomic E-state index is 5.52. The highest BCUT2D eigenvalue weighted by Gasteiger charge is 2.17. The highest BCUT2D eigenvalue weighted by molar-refractivity contribution is 4.77. The van der Waals surface area contributed by atoms with Gasteiger partial charge in [0, 0.05) is 39.9 Å². The van der Waals surface area contributed by atoms with Gasteiger partial charge in [0.1, 0.15) is 0 Å². The largest absolute Gasteiger partial charge is 0.383 e. The van der Waals surface area contributed by atoms with Crippen molar-refractivity contribution in [3.63, 3.8) is 0 Å². The normalized spacial score (nSPS) is 19.8. The predicted molar refractivity (Wildman–Crippen MR) is 72.0 cm³/mol. The molecule has 1 aliphatic heterocycles. The van der Waals surface area contributed by atoms with E-state index >= 15 is 0 Å². The van der Waals surface area contributed by atoms with Crippen LogP contribution in [-0.2, 0) is 14.2 Å². The van der Waals surface area contributed by atoms with E-state index in [-0.39, 0.29) is 0 Å². The van der Waals surface area contributed by atoms with E-state index in [0.717, 1.165) is 39.4 Å². The lowest BCUT2D eigenvalue weighted by atomic mass is 10.2. The van der Waals surface area contributed by atoms with Gasteiger partial charge in [0.2, 0.25) is 0 Å². The van der Waals surface area contributed by atoms with Crippen molar-refractivity contribution in [1.29, 1.82) is 0 Å². The Balaban J connectivity index is 2.13. The molecule has 1 saturated heterocycles. The fraction of sp³-hybridized carbons (Fsp3) is 1.00. The van der Waals surface area contributed by atoms with Gasteiger partial charge in [-0.05, 0) is 19.4 Å². The molecule has 0 aromatic heterocycles. The first-order valence-electron chi connectivity index (χ1n) is 6.88. The van der Waals surface area contributed by atoms with Crippen molar-refractivity contribution < 1.29 is 14.2 Å². The molecule has 0 bridgehead atoms. The second-order valence-electron chi connectivity index (χ2n) is 4.69. The van der Waals surface area contributed by atoms with Crippen molar-refractivity contribution in [3.8, 4) is 0 Å². The van der Waals surface area contributed by atoms with Crippen LogP contribution < -0.4 is 5.32 Å². The molecule has 0 radical (unpaired) electrons. The van der Waals surface area contributed by atoms with Crippen molar-refractivity contribution in [2.24, 2.45) is 0 Å². The fourth-order valence-electron chi connectivity index (χ4n) is 2.18. The Morgan fingerprint density at radius 3 is 2.50 bits per heavy atom. The van der Waals surface area contributed by atoms with Gasteiger partial charge in [0.25, 0.3) is 0 Å². The van der Waals surface area contributed by atoms with Gasteiger partial charge < -0.3 is 19.5 Å². The zero-order chi connectivity index (χ0) is 13.1. The molecule has 1 unspecified atom stereocenters. The van der Waals surface area contributed by atoms with E-state index in [0.29, 0.717) is 19.3 Å². The molecule has 0 aromatic rings. The minimum Gasteiger partial charge on any atom is -0.383 e. The van der Waals surface area contributed by atoms with E-state index in [4.69, 9.17) is 14.2 Å². The summed E-state index contributed by atoms with van der Waals surface area (Å²) in [5.74, 6) is 0. The lowest BCUT2D eigenvalue weighted by molar-refractivity contribution is 0.0507. The Labute approximate surface area is 111 Å². The number of hydrogen-bond acceptors (Lipinski definition) is 5. The molecule has 1 rings (SSSR count). The van der Waals surface area contributed by atoms with E-state index in [2.05, 4.69) is 10.2 Å². The molecule has 0 saturated carbocycles. The first-order chi connectivity index (χ1) is 8.86. The van der Waals surface area contributed by atoms with Gasteiger partial charge in [0.05, 0.1) is 26.4 Å². The van der Waals surface area contributed by atoms with E-state index in [1.807, 2.05) is 0 Å². The zero-order valence-electron chi connectivity index (χ0n) is 11.8. The predicted octanol–water partition coefficient (Wildman–Crippen LogP) is 0.350. The Hall–Kier alpha value is -0.200. The fourth-order valence-corrected chi connectivity index (χ4v) is 2.18. The van der Waals surface area contributed by atoms with E-state index in [1.165, 1.54) is 12.8 Å². The SMILES string of the molecule is COCCOCCN(CCOC)CC1CCCN1. The standard InChI is InChI=1S/C13H28N2O3/c1-16-8-6-15(7-9-18-11-10-17-2)12-13-4-3-5-14-13/h13-14H,3-12H2,1-2H3. The summed E-state index contributed by atoms with van der Waals surface area (Å²) in [5.41, 5.74) is 0. The van der Waals surface area contributed by atoms with Crippen LogP contribution in [0.5, 0.6) is 0 Å². The minimum absolute atomic E-state index is 0.640. The van der Waals surface area contributed by atoms with Crippen LogP contribution in [0.2, 0.25) is 0 Å². The highest BCUT2D eigenvalue weighted by Crippen LogP contribution is 2.06. The van der Waals surface area contributed by atoms with E-state index in [1.54, 1.807) is 14.2 Å². The van der Waals surface area contributed by atoms with Crippen molar-refractivity contribution in [1.82, 2.24) is 10.2 Å². The van der Waals surface area contributed by atoms with Crippen LogP contribution in [0.3, 0.4) is 0 Å². The Kier molecular flexibility index (Phi) is 9.42. The molecule has 1 aliphatic rings. The van der Waals surface area contributed by atoms with Crippen LogP contribution in [0.15, 0.2) is 0 Å². The molecular formula is C13H28N2O3. The molecule has 5 heteroatoms. The molecule has 1 heterocycles. The highest BCUT2D eigenvalue weighted by atomic mass is 16.5. The van der Waals surface area contributed by atoms with Crippen molar-refractivity contribution >= 4 is 0 Å². The first-order valence-corrected chi connectivity index (χ1v) is 6.88. The average molecular weight is 260 g/mol. The van der Waals surface area contributed by atoms with Gasteiger partial charge in [-0.1, -0.05) is 0 Å². The molecular weight excluding hydrogens is 232 g/mol. The molecule has 18 heavy (non-hydrogen) atoms. The second-order valence-corrected chi connectivity index (χ2v) is 4.69. The van der Waals surface area contributed by atoms with Crippen molar-refractivity contribution in [2.75, 3.05) is 66.8 Å². The molecule has 0 spiro atoms. The smallest absolute Gasteiger partial charge is 0.0700 e. The zero-order valence-corrected chi connectivity index (χ0v) is 11.8. The molecule has 1 N–H and O–H groups in total. The van der Waals surface area contributed by atoms with Gasteiger partial charge in [-0.2, -0.15) is 0 Å². The second kappa shape index (κ2) is 10.7. The van der Waals surface area contributed by atoms with Gasteiger partial charge >= 0.3 is 0 Å². The molecule has 0 aromatic carbocycles. The van der Waals surface area contributed by atoms with Crippen LogP contribution in [-0.4, -0.2) is 77.8 Å². The molecule has 5 nitrogen and oxygen atoms in total. The summed E-state index contributed by atoms with van der Waals surface area (Å²) in [6, 6.07) is 0.640. The lowest BCUT2D eigenvalue weighted by Crippen LogP contribution is -2.40. The van der Waals surface area contributed by atoms with Crippen LogP contribution >= 0.6 is 0 Å².